The summed E-state index contributed by atoms with van der Waals surface area (Å²) in [5, 5.41) is 0. The summed E-state index contributed by atoms with van der Waals surface area (Å²) in [6, 6.07) is 1.53. The van der Waals surface area contributed by atoms with E-state index in [1.807, 2.05) is 0 Å². The fourth-order valence-electron chi connectivity index (χ4n) is 2.83. The third-order valence-corrected chi connectivity index (χ3v) is 3.38. The van der Waals surface area contributed by atoms with Crippen LogP contribution in [0.15, 0.2) is 11.6 Å². The van der Waals surface area contributed by atoms with E-state index in [4.69, 9.17) is 4.74 Å². The summed E-state index contributed by atoms with van der Waals surface area (Å²) < 4.78 is 5.45. The molecule has 0 saturated carbocycles. The van der Waals surface area contributed by atoms with E-state index >= 15 is 0 Å². The minimum Gasteiger partial charge on any atom is -0.377 e. The minimum absolute atomic E-state index is 0.756. The molecule has 3 aliphatic rings. The molecule has 0 amide bonds. The SMILES string of the molecule is C1=C2COCC[C@H]2N2CCC[C@@H]12. The molecule has 0 aromatic heterocycles. The molecule has 0 N–H and O–H groups in total. The predicted molar refractivity (Wildman–Crippen MR) is 47.0 cm³/mol. The van der Waals surface area contributed by atoms with Gasteiger partial charge in [-0.2, -0.15) is 0 Å². The molecule has 3 aliphatic heterocycles. The highest BCUT2D eigenvalue weighted by molar-refractivity contribution is 5.25. The van der Waals surface area contributed by atoms with E-state index in [1.165, 1.54) is 25.8 Å². The van der Waals surface area contributed by atoms with Gasteiger partial charge in [0.15, 0.2) is 0 Å². The first-order valence-corrected chi connectivity index (χ1v) is 4.99. The summed E-state index contributed by atoms with van der Waals surface area (Å²) >= 11 is 0. The molecular formula is C10H15NO. The summed E-state index contributed by atoms with van der Waals surface area (Å²) in [5.41, 5.74) is 1.56. The molecule has 2 atom stereocenters. The van der Waals surface area contributed by atoms with Crippen LogP contribution in [0.5, 0.6) is 0 Å². The molecule has 0 unspecified atom stereocenters. The van der Waals surface area contributed by atoms with E-state index in [-0.39, 0.29) is 0 Å². The fourth-order valence-corrected chi connectivity index (χ4v) is 2.83. The van der Waals surface area contributed by atoms with Gasteiger partial charge < -0.3 is 4.74 Å². The Kier molecular flexibility index (Phi) is 1.52. The van der Waals surface area contributed by atoms with E-state index in [2.05, 4.69) is 11.0 Å². The maximum absolute atomic E-state index is 5.45. The summed E-state index contributed by atoms with van der Waals surface area (Å²) in [4.78, 5) is 2.66. The highest BCUT2D eigenvalue weighted by atomic mass is 16.5. The van der Waals surface area contributed by atoms with Crippen molar-refractivity contribution < 1.29 is 4.74 Å². The molecule has 0 aromatic rings. The highest BCUT2D eigenvalue weighted by Gasteiger charge is 2.38. The van der Waals surface area contributed by atoms with Crippen LogP contribution >= 0.6 is 0 Å². The Balaban J connectivity index is 1.87. The summed E-state index contributed by atoms with van der Waals surface area (Å²) in [7, 11) is 0. The summed E-state index contributed by atoms with van der Waals surface area (Å²) in [6.07, 6.45) is 6.45. The molecule has 3 rings (SSSR count). The van der Waals surface area contributed by atoms with Crippen LogP contribution in [-0.4, -0.2) is 36.7 Å². The number of ether oxygens (including phenoxy) is 1. The van der Waals surface area contributed by atoms with E-state index in [0.717, 1.165) is 25.3 Å². The maximum Gasteiger partial charge on any atom is 0.0692 e. The van der Waals surface area contributed by atoms with Crippen molar-refractivity contribution in [1.29, 1.82) is 0 Å². The molecule has 0 aromatic carbocycles. The van der Waals surface area contributed by atoms with E-state index in [9.17, 15) is 0 Å². The van der Waals surface area contributed by atoms with Crippen molar-refractivity contribution in [2.45, 2.75) is 31.3 Å². The largest absolute Gasteiger partial charge is 0.377 e. The lowest BCUT2D eigenvalue weighted by atomic mass is 10.0. The van der Waals surface area contributed by atoms with Crippen LogP contribution < -0.4 is 0 Å². The topological polar surface area (TPSA) is 12.5 Å². The van der Waals surface area contributed by atoms with Gasteiger partial charge in [0.1, 0.15) is 0 Å². The quantitative estimate of drug-likeness (QED) is 0.500. The van der Waals surface area contributed by atoms with Gasteiger partial charge in [-0.1, -0.05) is 6.08 Å². The van der Waals surface area contributed by atoms with Crippen LogP contribution in [-0.2, 0) is 4.74 Å². The Morgan fingerprint density at radius 2 is 2.42 bits per heavy atom. The van der Waals surface area contributed by atoms with Crippen molar-refractivity contribution >= 4 is 0 Å². The van der Waals surface area contributed by atoms with Crippen molar-refractivity contribution in [2.24, 2.45) is 0 Å². The zero-order chi connectivity index (χ0) is 7.97. The van der Waals surface area contributed by atoms with Crippen LogP contribution in [0.3, 0.4) is 0 Å². The predicted octanol–water partition coefficient (Wildman–Crippen LogP) is 1.18. The minimum atomic E-state index is 0.756. The lowest BCUT2D eigenvalue weighted by Gasteiger charge is -2.29. The monoisotopic (exact) mass is 165 g/mol. The second-order valence-corrected chi connectivity index (χ2v) is 4.05. The Morgan fingerprint density at radius 3 is 3.42 bits per heavy atom. The van der Waals surface area contributed by atoms with Crippen LogP contribution in [0.1, 0.15) is 19.3 Å². The van der Waals surface area contributed by atoms with Gasteiger partial charge in [-0.05, 0) is 31.4 Å². The molecule has 2 fully saturated rings. The fraction of sp³-hybridized carbons (Fsp3) is 0.800. The van der Waals surface area contributed by atoms with Crippen molar-refractivity contribution in [1.82, 2.24) is 4.90 Å². The average molecular weight is 165 g/mol. The average Bonchev–Trinajstić information content (AvgIpc) is 2.62. The highest BCUT2D eigenvalue weighted by Crippen LogP contribution is 2.34. The number of rotatable bonds is 0. The standard InChI is InChI=1S/C10H15NO/c1-2-9-6-8-7-12-5-3-10(8)11(9)4-1/h6,9-10H,1-5,7H2/t9-,10+/m0/s1. The molecule has 12 heavy (non-hydrogen) atoms. The van der Waals surface area contributed by atoms with E-state index in [0.29, 0.717) is 0 Å². The third-order valence-electron chi connectivity index (χ3n) is 3.38. The number of fused-ring (bicyclic) bond motifs is 3. The Hall–Kier alpha value is -0.340. The Morgan fingerprint density at radius 1 is 1.42 bits per heavy atom. The van der Waals surface area contributed by atoms with Crippen LogP contribution in [0, 0.1) is 0 Å². The maximum atomic E-state index is 5.45. The molecule has 3 heterocycles. The van der Waals surface area contributed by atoms with Crippen LogP contribution in [0.25, 0.3) is 0 Å². The normalized spacial score (nSPS) is 40.8. The molecule has 0 bridgehead atoms. The molecule has 66 valence electrons. The lowest BCUT2D eigenvalue weighted by Crippen LogP contribution is -2.37. The molecule has 0 spiro atoms. The van der Waals surface area contributed by atoms with E-state index < -0.39 is 0 Å². The van der Waals surface area contributed by atoms with Crippen LogP contribution in [0.4, 0.5) is 0 Å². The van der Waals surface area contributed by atoms with Crippen molar-refractivity contribution in [3.63, 3.8) is 0 Å². The first-order valence-electron chi connectivity index (χ1n) is 4.99. The van der Waals surface area contributed by atoms with Gasteiger partial charge in [0.05, 0.1) is 6.61 Å². The molecule has 2 heteroatoms. The van der Waals surface area contributed by atoms with Gasteiger partial charge >= 0.3 is 0 Å². The first-order chi connectivity index (χ1) is 5.95. The summed E-state index contributed by atoms with van der Waals surface area (Å²) in [6.45, 7) is 3.18. The van der Waals surface area contributed by atoms with Gasteiger partial charge in [0, 0.05) is 18.7 Å². The lowest BCUT2D eigenvalue weighted by molar-refractivity contribution is 0.0889. The number of nitrogens with zero attached hydrogens (tertiary/aromatic N) is 1. The first kappa shape index (κ1) is 7.10. The molecule has 2 saturated heterocycles. The zero-order valence-electron chi connectivity index (χ0n) is 7.33. The molecule has 2 nitrogen and oxygen atoms in total. The molecule has 0 radical (unpaired) electrons. The van der Waals surface area contributed by atoms with Crippen molar-refractivity contribution in [3.8, 4) is 0 Å². The second kappa shape index (κ2) is 2.57. The van der Waals surface area contributed by atoms with Gasteiger partial charge in [0.2, 0.25) is 0 Å². The Labute approximate surface area is 73.2 Å². The number of hydrogen-bond acceptors (Lipinski definition) is 2. The van der Waals surface area contributed by atoms with Gasteiger partial charge in [-0.25, -0.2) is 0 Å². The zero-order valence-corrected chi connectivity index (χ0v) is 7.33. The Bertz CT molecular complexity index is 224. The summed E-state index contributed by atoms with van der Waals surface area (Å²) in [5.74, 6) is 0. The van der Waals surface area contributed by atoms with Crippen LogP contribution in [0.2, 0.25) is 0 Å². The number of hydrogen-bond donors (Lipinski definition) is 0. The van der Waals surface area contributed by atoms with Crippen molar-refractivity contribution in [3.05, 3.63) is 11.6 Å². The third kappa shape index (κ3) is 0.882. The van der Waals surface area contributed by atoms with Gasteiger partial charge in [0.25, 0.3) is 0 Å². The van der Waals surface area contributed by atoms with Gasteiger partial charge in [-0.3, -0.25) is 4.90 Å². The van der Waals surface area contributed by atoms with E-state index in [1.54, 1.807) is 5.57 Å². The smallest absolute Gasteiger partial charge is 0.0692 e. The van der Waals surface area contributed by atoms with Gasteiger partial charge in [-0.15, -0.1) is 0 Å². The molecular weight excluding hydrogens is 150 g/mol. The van der Waals surface area contributed by atoms with Crippen molar-refractivity contribution in [2.75, 3.05) is 19.8 Å². The second-order valence-electron chi connectivity index (χ2n) is 4.05. The molecule has 0 aliphatic carbocycles.